The van der Waals surface area contributed by atoms with Crippen LogP contribution in [0.25, 0.3) is 10.9 Å². The van der Waals surface area contributed by atoms with Crippen LogP contribution in [0.2, 0.25) is 0 Å². The first kappa shape index (κ1) is 27.5. The van der Waals surface area contributed by atoms with Gasteiger partial charge in [0.15, 0.2) is 0 Å². The number of hydrogen-bond donors (Lipinski definition) is 2. The number of aromatic nitrogens is 2. The molecule has 2 N–H and O–H groups in total. The molecule has 7 nitrogen and oxygen atoms in total. The SMILES string of the molecule is Cc1nc(NC(C)c2cccc(C(F)F)c2F)c2cc(P(C)(C)=O)c(NC(=O)OC(C)(C)C)cc2n1. The van der Waals surface area contributed by atoms with Crippen molar-refractivity contribution in [2.75, 3.05) is 24.0 Å². The Bertz CT molecular complexity index is 1350. The number of benzene rings is 2. The molecule has 11 heteroatoms. The maximum Gasteiger partial charge on any atom is 0.412 e. The van der Waals surface area contributed by atoms with Crippen LogP contribution in [0, 0.1) is 12.7 Å². The highest BCUT2D eigenvalue weighted by atomic mass is 31.2. The number of carbonyl (C=O) groups excluding carboxylic acids is 1. The number of nitrogens with zero attached hydrogens (tertiary/aromatic N) is 2. The van der Waals surface area contributed by atoms with Crippen molar-refractivity contribution in [2.45, 2.75) is 52.7 Å². The van der Waals surface area contributed by atoms with Crippen molar-refractivity contribution in [3.05, 3.63) is 53.1 Å². The van der Waals surface area contributed by atoms with Crippen LogP contribution < -0.4 is 15.9 Å². The molecule has 3 rings (SSSR count). The number of fused-ring (bicyclic) bond motifs is 1. The second kappa shape index (κ2) is 10.1. The molecule has 1 amide bonds. The molecule has 1 atom stereocenters. The molecule has 1 heterocycles. The lowest BCUT2D eigenvalue weighted by atomic mass is 10.0. The van der Waals surface area contributed by atoms with E-state index < -0.39 is 42.7 Å². The molecule has 0 spiro atoms. The first-order valence-electron chi connectivity index (χ1n) is 11.3. The van der Waals surface area contributed by atoms with Gasteiger partial charge < -0.3 is 14.6 Å². The van der Waals surface area contributed by atoms with Crippen molar-refractivity contribution >= 4 is 40.9 Å². The molecule has 0 radical (unpaired) electrons. The van der Waals surface area contributed by atoms with Crippen LogP contribution in [0.15, 0.2) is 30.3 Å². The normalized spacial score (nSPS) is 13.1. The second-order valence-corrected chi connectivity index (χ2v) is 13.1. The van der Waals surface area contributed by atoms with Crippen molar-refractivity contribution in [1.29, 1.82) is 0 Å². The van der Waals surface area contributed by atoms with E-state index in [4.69, 9.17) is 4.74 Å². The summed E-state index contributed by atoms with van der Waals surface area (Å²) in [6.45, 7) is 11.6. The highest BCUT2D eigenvalue weighted by Crippen LogP contribution is 2.40. The Morgan fingerprint density at radius 1 is 1.11 bits per heavy atom. The number of amides is 1. The van der Waals surface area contributed by atoms with E-state index in [1.165, 1.54) is 12.1 Å². The summed E-state index contributed by atoms with van der Waals surface area (Å²) in [7, 11) is -2.91. The van der Waals surface area contributed by atoms with Gasteiger partial charge in [-0.25, -0.2) is 27.9 Å². The summed E-state index contributed by atoms with van der Waals surface area (Å²) in [5, 5.41) is 6.59. The highest BCUT2D eigenvalue weighted by Gasteiger charge is 2.24. The van der Waals surface area contributed by atoms with Crippen molar-refractivity contribution in [3.8, 4) is 0 Å². The number of carbonyl (C=O) groups is 1. The Morgan fingerprint density at radius 2 is 1.75 bits per heavy atom. The first-order valence-corrected chi connectivity index (χ1v) is 13.9. The van der Waals surface area contributed by atoms with Gasteiger partial charge >= 0.3 is 6.09 Å². The molecule has 0 saturated heterocycles. The van der Waals surface area contributed by atoms with Gasteiger partial charge in [0.1, 0.15) is 30.2 Å². The smallest absolute Gasteiger partial charge is 0.412 e. The number of ether oxygens (including phenoxy) is 1. The van der Waals surface area contributed by atoms with E-state index >= 15 is 0 Å². The molecule has 3 aromatic rings. The molecule has 0 aliphatic carbocycles. The minimum atomic E-state index is -2.94. The molecule has 0 fully saturated rings. The predicted octanol–water partition coefficient (Wildman–Crippen LogP) is 6.78. The van der Waals surface area contributed by atoms with E-state index in [1.54, 1.807) is 60.1 Å². The fourth-order valence-electron chi connectivity index (χ4n) is 3.70. The third-order valence-electron chi connectivity index (χ3n) is 5.25. The number of halogens is 3. The molecule has 194 valence electrons. The Kier molecular flexibility index (Phi) is 7.69. The van der Waals surface area contributed by atoms with Crippen molar-refractivity contribution < 1.29 is 27.3 Å². The Hall–Kier alpha value is -3.13. The minimum Gasteiger partial charge on any atom is -0.444 e. The van der Waals surface area contributed by atoms with E-state index in [2.05, 4.69) is 20.6 Å². The monoisotopic (exact) mass is 522 g/mol. The summed E-state index contributed by atoms with van der Waals surface area (Å²) in [6, 6.07) is 6.32. The van der Waals surface area contributed by atoms with Gasteiger partial charge in [0, 0.05) is 16.3 Å². The fourth-order valence-corrected chi connectivity index (χ4v) is 4.84. The Labute approximate surface area is 208 Å². The Morgan fingerprint density at radius 3 is 2.33 bits per heavy atom. The summed E-state index contributed by atoms with van der Waals surface area (Å²) in [5.74, 6) is -0.296. The molecule has 36 heavy (non-hydrogen) atoms. The van der Waals surface area contributed by atoms with E-state index in [1.807, 2.05) is 0 Å². The van der Waals surface area contributed by atoms with Crippen molar-refractivity contribution in [2.24, 2.45) is 0 Å². The van der Waals surface area contributed by atoms with Crippen molar-refractivity contribution in [1.82, 2.24) is 9.97 Å². The summed E-state index contributed by atoms with van der Waals surface area (Å²) >= 11 is 0. The third-order valence-corrected chi connectivity index (χ3v) is 6.78. The van der Waals surface area contributed by atoms with Gasteiger partial charge in [-0.05, 0) is 60.1 Å². The molecule has 1 unspecified atom stereocenters. The highest BCUT2D eigenvalue weighted by molar-refractivity contribution is 7.70. The molecule has 2 aromatic carbocycles. The topological polar surface area (TPSA) is 93.2 Å². The lowest BCUT2D eigenvalue weighted by Crippen LogP contribution is -2.28. The quantitative estimate of drug-likeness (QED) is 0.347. The molecule has 0 aliphatic heterocycles. The largest absolute Gasteiger partial charge is 0.444 e. The van der Waals surface area contributed by atoms with Gasteiger partial charge in [-0.3, -0.25) is 5.32 Å². The average molecular weight is 523 g/mol. The summed E-state index contributed by atoms with van der Waals surface area (Å²) < 4.78 is 59.6. The van der Waals surface area contributed by atoms with E-state index in [9.17, 15) is 22.5 Å². The zero-order chi connectivity index (χ0) is 27.0. The number of nitrogens with one attached hydrogen (secondary N) is 2. The zero-order valence-corrected chi connectivity index (χ0v) is 22.1. The first-order chi connectivity index (χ1) is 16.6. The number of alkyl halides is 2. The van der Waals surface area contributed by atoms with Crippen LogP contribution in [0.4, 0.5) is 29.5 Å². The minimum absolute atomic E-state index is 0.0531. The van der Waals surface area contributed by atoms with Crippen LogP contribution in [0.3, 0.4) is 0 Å². The van der Waals surface area contributed by atoms with Crippen LogP contribution in [0.1, 0.15) is 57.1 Å². The molecule has 0 aliphatic rings. The summed E-state index contributed by atoms with van der Waals surface area (Å²) in [5.41, 5.74) is -0.633. The number of hydrogen-bond acceptors (Lipinski definition) is 6. The van der Waals surface area contributed by atoms with Crippen LogP contribution in [-0.2, 0) is 9.30 Å². The average Bonchev–Trinajstić information content (AvgIpc) is 2.70. The standard InChI is InChI=1S/C25H30F3N4O3P/c1-13(15-9-8-10-16(21(15)26)22(27)28)29-23-17-11-20(36(6,7)34)19(12-18(17)30-14(2)31-23)32-24(33)35-25(3,4)5/h8-13,22H,1-7H3,(H,32,33)(H,29,30,31). The van der Waals surface area contributed by atoms with Crippen molar-refractivity contribution in [3.63, 3.8) is 0 Å². The molecule has 1 aromatic heterocycles. The summed E-state index contributed by atoms with van der Waals surface area (Å²) in [4.78, 5) is 21.3. The van der Waals surface area contributed by atoms with E-state index in [0.29, 0.717) is 27.8 Å². The fraction of sp³-hybridized carbons (Fsp3) is 0.400. The predicted molar refractivity (Wildman–Crippen MR) is 137 cm³/mol. The number of anilines is 2. The lowest BCUT2D eigenvalue weighted by Gasteiger charge is -2.22. The maximum atomic E-state index is 14.7. The van der Waals surface area contributed by atoms with E-state index in [0.717, 1.165) is 6.07 Å². The van der Waals surface area contributed by atoms with Gasteiger partial charge in [-0.15, -0.1) is 0 Å². The Balaban J connectivity index is 2.09. The lowest BCUT2D eigenvalue weighted by molar-refractivity contribution is 0.0636. The molecule has 0 bridgehead atoms. The van der Waals surface area contributed by atoms with Gasteiger partial charge in [0.05, 0.1) is 22.8 Å². The third kappa shape index (κ3) is 6.35. The van der Waals surface area contributed by atoms with Gasteiger partial charge in [-0.1, -0.05) is 18.2 Å². The number of aryl methyl sites for hydroxylation is 1. The van der Waals surface area contributed by atoms with Crippen LogP contribution >= 0.6 is 7.14 Å². The van der Waals surface area contributed by atoms with E-state index in [-0.39, 0.29) is 11.3 Å². The van der Waals surface area contributed by atoms with Gasteiger partial charge in [-0.2, -0.15) is 0 Å². The molecular weight excluding hydrogens is 492 g/mol. The van der Waals surface area contributed by atoms with Gasteiger partial charge in [0.2, 0.25) is 0 Å². The summed E-state index contributed by atoms with van der Waals surface area (Å²) in [6.07, 6.45) is -3.65. The van der Waals surface area contributed by atoms with Crippen LogP contribution in [0.5, 0.6) is 0 Å². The molecule has 0 saturated carbocycles. The second-order valence-electron chi connectivity index (χ2n) is 9.90. The van der Waals surface area contributed by atoms with Crippen LogP contribution in [-0.4, -0.2) is 35.0 Å². The molecular formula is C25H30F3N4O3P. The maximum absolute atomic E-state index is 14.7. The zero-order valence-electron chi connectivity index (χ0n) is 21.2. The van der Waals surface area contributed by atoms with Gasteiger partial charge in [0.25, 0.3) is 6.43 Å². The number of rotatable bonds is 6.